The number of hydrogen-bond acceptors (Lipinski definition) is 2. The van der Waals surface area contributed by atoms with Crippen LogP contribution in [0.1, 0.15) is 36.5 Å². The Morgan fingerprint density at radius 3 is 2.40 bits per heavy atom. The fourth-order valence-electron chi connectivity index (χ4n) is 2.10. The third kappa shape index (κ3) is 4.41. The van der Waals surface area contributed by atoms with Crippen molar-refractivity contribution in [2.24, 2.45) is 0 Å². The molecule has 3 nitrogen and oxygen atoms in total. The molecule has 1 rings (SSSR count). The zero-order valence-corrected chi connectivity index (χ0v) is 13.2. The van der Waals surface area contributed by atoms with Gasteiger partial charge >= 0.3 is 0 Å². The number of amides is 1. The van der Waals surface area contributed by atoms with Crippen LogP contribution in [0.4, 0.5) is 0 Å². The zero-order valence-electron chi connectivity index (χ0n) is 13.2. The maximum atomic E-state index is 12.0. The van der Waals surface area contributed by atoms with Crippen LogP contribution < -0.4 is 4.74 Å². The second kappa shape index (κ2) is 7.73. The summed E-state index contributed by atoms with van der Waals surface area (Å²) in [6.07, 6.45) is 5.68. The van der Waals surface area contributed by atoms with Crippen molar-refractivity contribution < 1.29 is 9.53 Å². The molecule has 0 saturated heterocycles. The van der Waals surface area contributed by atoms with Crippen molar-refractivity contribution in [3.8, 4) is 5.75 Å². The van der Waals surface area contributed by atoms with E-state index < -0.39 is 0 Å². The van der Waals surface area contributed by atoms with Crippen molar-refractivity contribution in [3.05, 3.63) is 34.9 Å². The van der Waals surface area contributed by atoms with Gasteiger partial charge in [0.05, 0.1) is 7.11 Å². The molecule has 20 heavy (non-hydrogen) atoms. The van der Waals surface area contributed by atoms with Crippen LogP contribution in [-0.4, -0.2) is 31.5 Å². The largest absolute Gasteiger partial charge is 0.497 e. The SMILES string of the molecule is CCCCN(C)C(=O)/C=C/c1c(C)cc(OC)cc1C. The molecular formula is C17H25NO2. The van der Waals surface area contributed by atoms with Gasteiger partial charge in [0.2, 0.25) is 5.91 Å². The number of ether oxygens (including phenoxy) is 1. The van der Waals surface area contributed by atoms with Gasteiger partial charge in [-0.05, 0) is 55.2 Å². The number of aryl methyl sites for hydroxylation is 2. The van der Waals surface area contributed by atoms with Crippen LogP contribution in [0.2, 0.25) is 0 Å². The number of methoxy groups -OCH3 is 1. The van der Waals surface area contributed by atoms with E-state index in [1.54, 1.807) is 18.1 Å². The maximum Gasteiger partial charge on any atom is 0.246 e. The summed E-state index contributed by atoms with van der Waals surface area (Å²) in [5, 5.41) is 0. The molecule has 0 aliphatic heterocycles. The highest BCUT2D eigenvalue weighted by molar-refractivity contribution is 5.92. The van der Waals surface area contributed by atoms with Gasteiger partial charge in [-0.3, -0.25) is 4.79 Å². The molecule has 0 aromatic heterocycles. The second-order valence-corrected chi connectivity index (χ2v) is 5.12. The molecular weight excluding hydrogens is 250 g/mol. The number of benzene rings is 1. The van der Waals surface area contributed by atoms with Crippen LogP contribution in [0.25, 0.3) is 6.08 Å². The van der Waals surface area contributed by atoms with E-state index in [-0.39, 0.29) is 5.91 Å². The number of likely N-dealkylation sites (N-methyl/N-ethyl adjacent to an activating group) is 1. The van der Waals surface area contributed by atoms with Crippen molar-refractivity contribution in [1.29, 1.82) is 0 Å². The number of nitrogens with zero attached hydrogens (tertiary/aromatic N) is 1. The Morgan fingerprint density at radius 1 is 1.30 bits per heavy atom. The average Bonchev–Trinajstić information content (AvgIpc) is 2.43. The first-order chi connectivity index (χ1) is 9.49. The van der Waals surface area contributed by atoms with E-state index in [0.717, 1.165) is 41.8 Å². The fraction of sp³-hybridized carbons (Fsp3) is 0.471. The summed E-state index contributed by atoms with van der Waals surface area (Å²) < 4.78 is 5.24. The van der Waals surface area contributed by atoms with Crippen LogP contribution >= 0.6 is 0 Å². The van der Waals surface area contributed by atoms with Gasteiger partial charge in [-0.2, -0.15) is 0 Å². The highest BCUT2D eigenvalue weighted by atomic mass is 16.5. The summed E-state index contributed by atoms with van der Waals surface area (Å²) in [5.74, 6) is 0.900. The minimum absolute atomic E-state index is 0.0491. The fourth-order valence-corrected chi connectivity index (χ4v) is 2.10. The normalized spacial score (nSPS) is 10.8. The first kappa shape index (κ1) is 16.3. The van der Waals surface area contributed by atoms with Gasteiger partial charge in [-0.15, -0.1) is 0 Å². The average molecular weight is 275 g/mol. The van der Waals surface area contributed by atoms with E-state index in [1.165, 1.54) is 0 Å². The second-order valence-electron chi connectivity index (χ2n) is 5.12. The quantitative estimate of drug-likeness (QED) is 0.743. The topological polar surface area (TPSA) is 29.5 Å². The third-order valence-corrected chi connectivity index (χ3v) is 3.42. The Balaban J connectivity index is 2.82. The van der Waals surface area contributed by atoms with Gasteiger partial charge in [0.1, 0.15) is 5.75 Å². The molecule has 3 heteroatoms. The lowest BCUT2D eigenvalue weighted by Crippen LogP contribution is -2.25. The Kier molecular flexibility index (Phi) is 6.29. The molecule has 0 unspecified atom stereocenters. The van der Waals surface area contributed by atoms with Gasteiger partial charge in [0, 0.05) is 19.7 Å². The molecule has 0 atom stereocenters. The number of carbonyl (C=O) groups excluding carboxylic acids is 1. The van der Waals surface area contributed by atoms with E-state index in [9.17, 15) is 4.79 Å². The Bertz CT molecular complexity index is 469. The molecule has 1 aromatic carbocycles. The van der Waals surface area contributed by atoms with E-state index >= 15 is 0 Å². The number of unbranched alkanes of at least 4 members (excludes halogenated alkanes) is 1. The molecule has 1 aromatic rings. The van der Waals surface area contributed by atoms with Gasteiger partial charge in [-0.25, -0.2) is 0 Å². The molecule has 0 heterocycles. The Labute approximate surface area is 122 Å². The molecule has 0 fully saturated rings. The van der Waals surface area contributed by atoms with Gasteiger partial charge < -0.3 is 9.64 Å². The van der Waals surface area contributed by atoms with E-state index in [0.29, 0.717) is 0 Å². The Morgan fingerprint density at radius 2 is 1.90 bits per heavy atom. The molecule has 110 valence electrons. The van der Waals surface area contributed by atoms with Crippen molar-refractivity contribution in [2.45, 2.75) is 33.6 Å². The molecule has 0 bridgehead atoms. The number of hydrogen-bond donors (Lipinski definition) is 0. The highest BCUT2D eigenvalue weighted by Gasteiger charge is 2.06. The predicted octanol–water partition coefficient (Wildman–Crippen LogP) is 3.58. The predicted molar refractivity (Wildman–Crippen MR) is 84.0 cm³/mol. The van der Waals surface area contributed by atoms with Crippen LogP contribution in [0.15, 0.2) is 18.2 Å². The summed E-state index contributed by atoms with van der Waals surface area (Å²) in [4.78, 5) is 13.7. The smallest absolute Gasteiger partial charge is 0.246 e. The molecule has 1 amide bonds. The minimum atomic E-state index is 0.0491. The summed E-state index contributed by atoms with van der Waals surface area (Å²) in [6, 6.07) is 3.97. The first-order valence-corrected chi connectivity index (χ1v) is 7.08. The van der Waals surface area contributed by atoms with Gasteiger partial charge in [-0.1, -0.05) is 13.3 Å². The van der Waals surface area contributed by atoms with Crippen LogP contribution in [0.3, 0.4) is 0 Å². The first-order valence-electron chi connectivity index (χ1n) is 7.08. The molecule has 0 N–H and O–H groups in total. The maximum absolute atomic E-state index is 12.0. The zero-order chi connectivity index (χ0) is 15.1. The molecule has 0 saturated carbocycles. The van der Waals surface area contributed by atoms with Crippen molar-refractivity contribution in [2.75, 3.05) is 20.7 Å². The van der Waals surface area contributed by atoms with E-state index in [1.807, 2.05) is 39.1 Å². The minimum Gasteiger partial charge on any atom is -0.497 e. The monoisotopic (exact) mass is 275 g/mol. The van der Waals surface area contributed by atoms with E-state index in [4.69, 9.17) is 4.74 Å². The number of carbonyl (C=O) groups is 1. The van der Waals surface area contributed by atoms with Crippen molar-refractivity contribution in [1.82, 2.24) is 4.90 Å². The van der Waals surface area contributed by atoms with Crippen LogP contribution in [0.5, 0.6) is 5.75 Å². The number of rotatable bonds is 6. The van der Waals surface area contributed by atoms with Gasteiger partial charge in [0.25, 0.3) is 0 Å². The summed E-state index contributed by atoms with van der Waals surface area (Å²) >= 11 is 0. The molecule has 0 aliphatic carbocycles. The standard InChI is InChI=1S/C17H25NO2/c1-6-7-10-18(4)17(19)9-8-16-13(2)11-15(20-5)12-14(16)3/h8-9,11-12H,6-7,10H2,1-5H3/b9-8+. The lowest BCUT2D eigenvalue weighted by atomic mass is 10.0. The van der Waals surface area contributed by atoms with Crippen LogP contribution in [-0.2, 0) is 4.79 Å². The van der Waals surface area contributed by atoms with Gasteiger partial charge in [0.15, 0.2) is 0 Å². The van der Waals surface area contributed by atoms with Crippen molar-refractivity contribution in [3.63, 3.8) is 0 Å². The molecule has 0 spiro atoms. The lowest BCUT2D eigenvalue weighted by Gasteiger charge is -2.14. The highest BCUT2D eigenvalue weighted by Crippen LogP contribution is 2.22. The Hall–Kier alpha value is -1.77. The molecule has 0 radical (unpaired) electrons. The summed E-state index contributed by atoms with van der Waals surface area (Å²) in [6.45, 7) is 6.99. The summed E-state index contributed by atoms with van der Waals surface area (Å²) in [5.41, 5.74) is 3.31. The third-order valence-electron chi connectivity index (χ3n) is 3.42. The lowest BCUT2D eigenvalue weighted by molar-refractivity contribution is -0.124. The van der Waals surface area contributed by atoms with Crippen LogP contribution in [0, 0.1) is 13.8 Å². The van der Waals surface area contributed by atoms with E-state index in [2.05, 4.69) is 6.92 Å². The molecule has 0 aliphatic rings. The summed E-state index contributed by atoms with van der Waals surface area (Å²) in [7, 11) is 3.51. The van der Waals surface area contributed by atoms with Crippen molar-refractivity contribution >= 4 is 12.0 Å².